The van der Waals surface area contributed by atoms with E-state index in [2.05, 4.69) is 0 Å². The molecular weight excluding hydrogens is 184 g/mol. The molecule has 4 atom stereocenters. The molecule has 0 aromatic heterocycles. The SMILES string of the molecule is CC(C)[C@]1(O)CC[C@@](C)(O)[C@H](O)[C@@H]1O. The Labute approximate surface area is 84.2 Å². The molecule has 0 unspecified atom stereocenters. The minimum Gasteiger partial charge on any atom is -0.387 e. The molecule has 0 radical (unpaired) electrons. The van der Waals surface area contributed by atoms with Gasteiger partial charge in [0.15, 0.2) is 0 Å². The molecular formula is C10H20O4. The Hall–Kier alpha value is -0.160. The molecule has 0 amide bonds. The number of hydrogen-bond donors (Lipinski definition) is 4. The number of aliphatic hydroxyl groups excluding tert-OH is 2. The Kier molecular flexibility index (Phi) is 2.94. The van der Waals surface area contributed by atoms with E-state index in [1.165, 1.54) is 6.92 Å². The van der Waals surface area contributed by atoms with Crippen molar-refractivity contribution >= 4 is 0 Å². The second kappa shape index (κ2) is 3.45. The summed E-state index contributed by atoms with van der Waals surface area (Å²) in [6.07, 6.45) is -1.98. The van der Waals surface area contributed by atoms with Gasteiger partial charge in [0.2, 0.25) is 0 Å². The second-order valence-corrected chi connectivity index (χ2v) is 4.89. The lowest BCUT2D eigenvalue weighted by molar-refractivity contribution is -0.229. The van der Waals surface area contributed by atoms with E-state index in [1.54, 1.807) is 13.8 Å². The third kappa shape index (κ3) is 1.67. The van der Waals surface area contributed by atoms with Gasteiger partial charge in [-0.15, -0.1) is 0 Å². The van der Waals surface area contributed by atoms with Gasteiger partial charge in [0.1, 0.15) is 12.2 Å². The molecule has 4 N–H and O–H groups in total. The fourth-order valence-electron chi connectivity index (χ4n) is 1.99. The van der Waals surface area contributed by atoms with Crippen molar-refractivity contribution in [1.82, 2.24) is 0 Å². The zero-order chi connectivity index (χ0) is 11.1. The van der Waals surface area contributed by atoms with Gasteiger partial charge in [0, 0.05) is 0 Å². The average molecular weight is 204 g/mol. The summed E-state index contributed by atoms with van der Waals surface area (Å²) in [7, 11) is 0. The first-order valence-electron chi connectivity index (χ1n) is 5.02. The summed E-state index contributed by atoms with van der Waals surface area (Å²) in [4.78, 5) is 0. The smallest absolute Gasteiger partial charge is 0.112 e. The highest BCUT2D eigenvalue weighted by atomic mass is 16.4. The van der Waals surface area contributed by atoms with E-state index in [9.17, 15) is 20.4 Å². The van der Waals surface area contributed by atoms with Gasteiger partial charge >= 0.3 is 0 Å². The molecule has 0 saturated heterocycles. The monoisotopic (exact) mass is 204 g/mol. The summed E-state index contributed by atoms with van der Waals surface area (Å²) in [5.41, 5.74) is -2.60. The fourth-order valence-corrected chi connectivity index (χ4v) is 1.99. The van der Waals surface area contributed by atoms with Crippen LogP contribution < -0.4 is 0 Å². The quantitative estimate of drug-likeness (QED) is 0.470. The van der Waals surface area contributed by atoms with Crippen LogP contribution in [-0.2, 0) is 0 Å². The molecule has 4 nitrogen and oxygen atoms in total. The van der Waals surface area contributed by atoms with E-state index in [0.29, 0.717) is 12.8 Å². The lowest BCUT2D eigenvalue weighted by atomic mass is 9.68. The molecule has 1 rings (SSSR count). The fraction of sp³-hybridized carbons (Fsp3) is 1.00. The number of rotatable bonds is 1. The van der Waals surface area contributed by atoms with Crippen LogP contribution in [0.25, 0.3) is 0 Å². The van der Waals surface area contributed by atoms with Crippen LogP contribution in [0, 0.1) is 5.92 Å². The van der Waals surface area contributed by atoms with Crippen molar-refractivity contribution in [2.45, 2.75) is 57.0 Å². The van der Waals surface area contributed by atoms with E-state index in [1.807, 2.05) is 0 Å². The summed E-state index contributed by atoms with van der Waals surface area (Å²) in [5, 5.41) is 39.2. The van der Waals surface area contributed by atoms with Crippen molar-refractivity contribution in [3.8, 4) is 0 Å². The van der Waals surface area contributed by atoms with Crippen LogP contribution in [0.4, 0.5) is 0 Å². The Bertz CT molecular complexity index is 214. The molecule has 0 aliphatic heterocycles. The molecule has 0 aromatic rings. The second-order valence-electron chi connectivity index (χ2n) is 4.89. The summed E-state index contributed by atoms with van der Waals surface area (Å²) in [6, 6.07) is 0. The zero-order valence-electron chi connectivity index (χ0n) is 8.94. The van der Waals surface area contributed by atoms with Crippen LogP contribution in [-0.4, -0.2) is 43.8 Å². The van der Waals surface area contributed by atoms with Gasteiger partial charge in [-0.25, -0.2) is 0 Å². The van der Waals surface area contributed by atoms with Gasteiger partial charge in [-0.05, 0) is 25.7 Å². The standard InChI is InChI=1S/C10H20O4/c1-6(2)10(14)5-4-9(3,13)7(11)8(10)12/h6-8,11-14H,4-5H2,1-3H3/t7-,8+,9-,10-/m1/s1. The maximum Gasteiger partial charge on any atom is 0.112 e. The Balaban J connectivity index is 2.89. The van der Waals surface area contributed by atoms with Gasteiger partial charge in [0.25, 0.3) is 0 Å². The molecule has 0 heterocycles. The zero-order valence-corrected chi connectivity index (χ0v) is 8.94. The summed E-state index contributed by atoms with van der Waals surface area (Å²) >= 11 is 0. The van der Waals surface area contributed by atoms with Crippen molar-refractivity contribution in [3.63, 3.8) is 0 Å². The predicted octanol–water partition coefficient (Wildman–Crippen LogP) is -0.360. The maximum absolute atomic E-state index is 10.1. The van der Waals surface area contributed by atoms with E-state index in [4.69, 9.17) is 0 Å². The molecule has 84 valence electrons. The van der Waals surface area contributed by atoms with Gasteiger partial charge in [-0.1, -0.05) is 13.8 Å². The highest BCUT2D eigenvalue weighted by Crippen LogP contribution is 2.39. The van der Waals surface area contributed by atoms with Crippen molar-refractivity contribution in [2.75, 3.05) is 0 Å². The van der Waals surface area contributed by atoms with Gasteiger partial charge in [-0.2, -0.15) is 0 Å². The molecule has 0 spiro atoms. The normalized spacial score (nSPS) is 49.7. The first-order chi connectivity index (χ1) is 6.22. The highest BCUT2D eigenvalue weighted by molar-refractivity contribution is 5.04. The van der Waals surface area contributed by atoms with Crippen LogP contribution in [0.5, 0.6) is 0 Å². The minimum atomic E-state index is -1.31. The number of hydrogen-bond acceptors (Lipinski definition) is 4. The van der Waals surface area contributed by atoms with E-state index in [-0.39, 0.29) is 5.92 Å². The minimum absolute atomic E-state index is 0.150. The van der Waals surface area contributed by atoms with Crippen LogP contribution in [0.1, 0.15) is 33.6 Å². The van der Waals surface area contributed by atoms with Gasteiger partial charge in [-0.3, -0.25) is 0 Å². The molecule has 4 heteroatoms. The number of aliphatic hydroxyl groups is 4. The summed E-state index contributed by atoms with van der Waals surface area (Å²) in [5.74, 6) is -0.150. The topological polar surface area (TPSA) is 80.9 Å². The first-order valence-corrected chi connectivity index (χ1v) is 5.02. The van der Waals surface area contributed by atoms with E-state index >= 15 is 0 Å². The Morgan fingerprint density at radius 2 is 1.57 bits per heavy atom. The highest BCUT2D eigenvalue weighted by Gasteiger charge is 2.53. The van der Waals surface area contributed by atoms with Gasteiger partial charge < -0.3 is 20.4 Å². The summed E-state index contributed by atoms with van der Waals surface area (Å²) < 4.78 is 0. The molecule has 1 saturated carbocycles. The molecule has 0 bridgehead atoms. The van der Waals surface area contributed by atoms with Crippen molar-refractivity contribution in [3.05, 3.63) is 0 Å². The third-order valence-corrected chi connectivity index (χ3v) is 3.48. The van der Waals surface area contributed by atoms with Crippen molar-refractivity contribution in [2.24, 2.45) is 5.92 Å². The average Bonchev–Trinajstić information content (AvgIpc) is 2.09. The Morgan fingerprint density at radius 3 is 2.00 bits per heavy atom. The first kappa shape index (κ1) is 11.9. The molecule has 1 aliphatic rings. The third-order valence-electron chi connectivity index (χ3n) is 3.48. The van der Waals surface area contributed by atoms with E-state index < -0.39 is 23.4 Å². The van der Waals surface area contributed by atoms with Crippen molar-refractivity contribution in [1.29, 1.82) is 0 Å². The van der Waals surface area contributed by atoms with Crippen LogP contribution in [0.2, 0.25) is 0 Å². The lowest BCUT2D eigenvalue weighted by Gasteiger charge is -2.48. The lowest BCUT2D eigenvalue weighted by Crippen LogP contribution is -2.63. The Morgan fingerprint density at radius 1 is 1.07 bits per heavy atom. The van der Waals surface area contributed by atoms with Gasteiger partial charge in [0.05, 0.1) is 11.2 Å². The maximum atomic E-state index is 10.1. The predicted molar refractivity (Wildman–Crippen MR) is 51.7 cm³/mol. The molecule has 0 aromatic carbocycles. The summed E-state index contributed by atoms with van der Waals surface area (Å²) in [6.45, 7) is 5.05. The largest absolute Gasteiger partial charge is 0.387 e. The van der Waals surface area contributed by atoms with Crippen LogP contribution >= 0.6 is 0 Å². The molecule has 1 aliphatic carbocycles. The van der Waals surface area contributed by atoms with Crippen LogP contribution in [0.3, 0.4) is 0 Å². The van der Waals surface area contributed by atoms with Crippen LogP contribution in [0.15, 0.2) is 0 Å². The molecule has 1 fully saturated rings. The van der Waals surface area contributed by atoms with Crippen molar-refractivity contribution < 1.29 is 20.4 Å². The van der Waals surface area contributed by atoms with E-state index in [0.717, 1.165) is 0 Å². The molecule has 14 heavy (non-hydrogen) atoms.